The van der Waals surface area contributed by atoms with E-state index in [1.807, 2.05) is 34.1 Å². The Morgan fingerprint density at radius 3 is 1.54 bits per heavy atom. The van der Waals surface area contributed by atoms with Crippen LogP contribution >= 0.6 is 7.82 Å². The van der Waals surface area contributed by atoms with E-state index < -0.39 is 20.0 Å². The summed E-state index contributed by atoms with van der Waals surface area (Å²) < 4.78 is 22.9. The number of carbonyl (C=O) groups excluding carboxylic acids is 1. The topological polar surface area (TPSA) is 108 Å². The second kappa shape index (κ2) is 38.9. The largest absolute Gasteiger partial charge is 0.756 e. The van der Waals surface area contributed by atoms with Gasteiger partial charge in [0.25, 0.3) is 7.82 Å². The van der Waals surface area contributed by atoms with Crippen LogP contribution in [0.1, 0.15) is 194 Å². The van der Waals surface area contributed by atoms with E-state index in [2.05, 4.69) is 48.7 Å². The molecule has 0 bridgehead atoms. The number of hydrogen-bond acceptors (Lipinski definition) is 6. The summed E-state index contributed by atoms with van der Waals surface area (Å²) >= 11 is 0. The van der Waals surface area contributed by atoms with Crippen LogP contribution in [0.4, 0.5) is 0 Å². The van der Waals surface area contributed by atoms with Gasteiger partial charge in [0, 0.05) is 6.42 Å². The molecule has 0 aliphatic carbocycles. The summed E-state index contributed by atoms with van der Waals surface area (Å²) in [6.07, 6.45) is 49.9. The number of aliphatic hydroxyl groups excluding tert-OH is 1. The van der Waals surface area contributed by atoms with Gasteiger partial charge in [-0.2, -0.15) is 0 Å². The van der Waals surface area contributed by atoms with E-state index in [1.54, 1.807) is 6.08 Å². The number of quaternary nitrogens is 1. The van der Waals surface area contributed by atoms with Crippen LogP contribution in [0, 0.1) is 0 Å². The minimum Gasteiger partial charge on any atom is -0.756 e. The molecule has 9 heteroatoms. The molecule has 56 heavy (non-hydrogen) atoms. The van der Waals surface area contributed by atoms with Gasteiger partial charge in [-0.1, -0.05) is 184 Å². The Hall–Kier alpha value is -1.54. The number of carbonyl (C=O) groups is 1. The molecule has 0 heterocycles. The number of hydrogen-bond donors (Lipinski definition) is 2. The molecule has 2 N–H and O–H groups in total. The first-order valence-corrected chi connectivity index (χ1v) is 24.5. The van der Waals surface area contributed by atoms with Crippen LogP contribution in [-0.2, 0) is 18.4 Å². The number of allylic oxidation sites excluding steroid dienone is 7. The van der Waals surface area contributed by atoms with Gasteiger partial charge in [0.2, 0.25) is 5.91 Å². The van der Waals surface area contributed by atoms with Crippen molar-refractivity contribution in [1.29, 1.82) is 0 Å². The van der Waals surface area contributed by atoms with Crippen molar-refractivity contribution < 1.29 is 32.9 Å². The fraction of sp³-hybridized carbons (Fsp3) is 0.809. The summed E-state index contributed by atoms with van der Waals surface area (Å²) in [5, 5.41) is 13.4. The minimum absolute atomic E-state index is 0.00333. The molecule has 0 radical (unpaired) electrons. The summed E-state index contributed by atoms with van der Waals surface area (Å²) in [5.74, 6) is -0.211. The third-order valence-corrected chi connectivity index (χ3v) is 11.0. The molecule has 3 unspecified atom stereocenters. The highest BCUT2D eigenvalue weighted by molar-refractivity contribution is 7.45. The maximum Gasteiger partial charge on any atom is 0.268 e. The van der Waals surface area contributed by atoms with Crippen molar-refractivity contribution >= 4 is 13.7 Å². The van der Waals surface area contributed by atoms with Crippen LogP contribution in [0.5, 0.6) is 0 Å². The molecule has 0 fully saturated rings. The van der Waals surface area contributed by atoms with E-state index in [-0.39, 0.29) is 19.1 Å². The van der Waals surface area contributed by atoms with E-state index in [4.69, 9.17) is 9.05 Å². The van der Waals surface area contributed by atoms with Crippen molar-refractivity contribution in [3.8, 4) is 0 Å². The Labute approximate surface area is 346 Å². The Morgan fingerprint density at radius 1 is 0.625 bits per heavy atom. The molecule has 1 amide bonds. The Kier molecular flexibility index (Phi) is 37.9. The number of nitrogens with zero attached hydrogens (tertiary/aromatic N) is 1. The van der Waals surface area contributed by atoms with Gasteiger partial charge in [-0.3, -0.25) is 9.36 Å². The zero-order valence-corrected chi connectivity index (χ0v) is 38.0. The van der Waals surface area contributed by atoms with Crippen molar-refractivity contribution in [2.75, 3.05) is 40.9 Å². The standard InChI is InChI=1S/C47H89N2O6P/c1-6-8-10-11-12-13-14-15-16-17-18-19-20-21-22-23-24-25-26-27-28-29-30-31-32-33-34-35-36-37-39-41-47(51)48-45(46(50)40-38-9-7-2)44-55-56(52,53)54-43-42-49(3,4)5/h14-15,17-18,20-21,38,40,45-46,50H,6-13,16,19,22-37,39,41-44H2,1-5H3,(H-,48,51,52,53)/b15-14-,18-17-,21-20-,40-38+. The SMILES string of the molecule is CCC/C=C/C(O)C(COP(=O)([O-])OCC[N+](C)(C)C)NC(=O)CCCCCCCCCCCCCCCCCC/C=C\C/C=C\C/C=C\CCCCCCC. The number of unbranched alkanes of at least 4 members (excludes halogenated alkanes) is 22. The predicted octanol–water partition coefficient (Wildman–Crippen LogP) is 12.2. The van der Waals surface area contributed by atoms with Gasteiger partial charge in [-0.05, 0) is 51.4 Å². The van der Waals surface area contributed by atoms with E-state index in [1.165, 1.54) is 128 Å². The van der Waals surface area contributed by atoms with Crippen LogP contribution < -0.4 is 10.2 Å². The lowest BCUT2D eigenvalue weighted by atomic mass is 10.0. The highest BCUT2D eigenvalue weighted by Crippen LogP contribution is 2.38. The highest BCUT2D eigenvalue weighted by Gasteiger charge is 2.23. The molecule has 0 saturated carbocycles. The molecule has 0 saturated heterocycles. The lowest BCUT2D eigenvalue weighted by molar-refractivity contribution is -0.870. The van der Waals surface area contributed by atoms with Crippen molar-refractivity contribution in [3.05, 3.63) is 48.6 Å². The van der Waals surface area contributed by atoms with E-state index in [0.29, 0.717) is 17.4 Å². The maximum absolute atomic E-state index is 12.7. The zero-order valence-electron chi connectivity index (χ0n) is 37.1. The first-order chi connectivity index (χ1) is 27.0. The number of nitrogens with one attached hydrogen (secondary N) is 1. The minimum atomic E-state index is -4.56. The molecule has 0 spiro atoms. The van der Waals surface area contributed by atoms with Gasteiger partial charge in [0.05, 0.1) is 39.9 Å². The third kappa shape index (κ3) is 40.6. The predicted molar refractivity (Wildman–Crippen MR) is 238 cm³/mol. The number of rotatable bonds is 41. The fourth-order valence-electron chi connectivity index (χ4n) is 6.34. The molecule has 0 aromatic heterocycles. The van der Waals surface area contributed by atoms with Crippen LogP contribution in [0.2, 0.25) is 0 Å². The summed E-state index contributed by atoms with van der Waals surface area (Å²) in [6, 6.07) is -0.881. The molecule has 0 aromatic carbocycles. The second-order valence-electron chi connectivity index (χ2n) is 16.8. The Bertz CT molecular complexity index is 1050. The molecule has 8 nitrogen and oxygen atoms in total. The number of amides is 1. The second-order valence-corrected chi connectivity index (χ2v) is 18.2. The van der Waals surface area contributed by atoms with Gasteiger partial charge in [-0.15, -0.1) is 0 Å². The van der Waals surface area contributed by atoms with Crippen molar-refractivity contribution in [2.45, 2.75) is 206 Å². The smallest absolute Gasteiger partial charge is 0.268 e. The highest BCUT2D eigenvalue weighted by atomic mass is 31.2. The van der Waals surface area contributed by atoms with Gasteiger partial charge < -0.3 is 28.8 Å². The average molecular weight is 809 g/mol. The van der Waals surface area contributed by atoms with Crippen LogP contribution in [0.15, 0.2) is 48.6 Å². The molecule has 0 aromatic rings. The van der Waals surface area contributed by atoms with Crippen LogP contribution in [0.25, 0.3) is 0 Å². The number of phosphoric ester groups is 1. The molecule has 3 atom stereocenters. The molecule has 0 aliphatic rings. The Morgan fingerprint density at radius 2 is 1.07 bits per heavy atom. The third-order valence-electron chi connectivity index (χ3n) is 10.0. The lowest BCUT2D eigenvalue weighted by Crippen LogP contribution is -2.45. The molecular formula is C47H89N2O6P. The Balaban J connectivity index is 3.79. The van der Waals surface area contributed by atoms with Gasteiger partial charge in [0.15, 0.2) is 0 Å². The summed E-state index contributed by atoms with van der Waals surface area (Å²) in [4.78, 5) is 24.9. The lowest BCUT2D eigenvalue weighted by Gasteiger charge is -2.29. The first-order valence-electron chi connectivity index (χ1n) is 23.0. The molecule has 0 rings (SSSR count). The van der Waals surface area contributed by atoms with Gasteiger partial charge in [-0.25, -0.2) is 0 Å². The maximum atomic E-state index is 12.7. The molecule has 328 valence electrons. The van der Waals surface area contributed by atoms with Gasteiger partial charge in [0.1, 0.15) is 13.2 Å². The number of phosphoric acid groups is 1. The van der Waals surface area contributed by atoms with E-state index >= 15 is 0 Å². The normalized spacial score (nSPS) is 14.8. The first kappa shape index (κ1) is 54.5. The summed E-state index contributed by atoms with van der Waals surface area (Å²) in [6.45, 7) is 4.41. The van der Waals surface area contributed by atoms with Crippen molar-refractivity contribution in [1.82, 2.24) is 5.32 Å². The molecular weight excluding hydrogens is 719 g/mol. The van der Waals surface area contributed by atoms with Crippen LogP contribution in [-0.4, -0.2) is 68.5 Å². The number of likely N-dealkylation sites (N-methyl/N-ethyl adjacent to an activating group) is 1. The van der Waals surface area contributed by atoms with Crippen molar-refractivity contribution in [3.63, 3.8) is 0 Å². The quantitative estimate of drug-likeness (QED) is 0.0276. The number of aliphatic hydroxyl groups is 1. The van der Waals surface area contributed by atoms with Crippen molar-refractivity contribution in [2.24, 2.45) is 0 Å². The summed E-state index contributed by atoms with van der Waals surface area (Å²) in [5.41, 5.74) is 0. The van der Waals surface area contributed by atoms with Gasteiger partial charge >= 0.3 is 0 Å². The fourth-order valence-corrected chi connectivity index (χ4v) is 7.07. The zero-order chi connectivity index (χ0) is 41.4. The monoisotopic (exact) mass is 809 g/mol. The average Bonchev–Trinajstić information content (AvgIpc) is 3.15. The molecule has 0 aliphatic heterocycles. The van der Waals surface area contributed by atoms with E-state index in [9.17, 15) is 19.4 Å². The van der Waals surface area contributed by atoms with E-state index in [0.717, 1.165) is 44.9 Å². The summed E-state index contributed by atoms with van der Waals surface area (Å²) in [7, 11) is 1.25. The van der Waals surface area contributed by atoms with Crippen LogP contribution in [0.3, 0.4) is 0 Å².